The first-order valence-electron chi connectivity index (χ1n) is 6.49. The third-order valence-corrected chi connectivity index (χ3v) is 4.81. The number of hydrogen-bond acceptors (Lipinski definition) is 3. The largest absolute Gasteiger partial charge is 0.323 e. The van der Waals surface area contributed by atoms with Gasteiger partial charge in [0.05, 0.1) is 0 Å². The van der Waals surface area contributed by atoms with Crippen molar-refractivity contribution in [2.75, 3.05) is 0 Å². The molecule has 3 rings (SSSR count). The van der Waals surface area contributed by atoms with Gasteiger partial charge in [-0.1, -0.05) is 6.07 Å². The molecule has 0 spiro atoms. The van der Waals surface area contributed by atoms with Gasteiger partial charge in [0, 0.05) is 29.2 Å². The van der Waals surface area contributed by atoms with Crippen molar-refractivity contribution in [2.45, 2.75) is 38.1 Å². The Hall–Kier alpha value is -1.19. The smallest absolute Gasteiger partial charge is 0.0380 e. The van der Waals surface area contributed by atoms with Crippen LogP contribution in [0.3, 0.4) is 0 Å². The highest BCUT2D eigenvalue weighted by Crippen LogP contribution is 2.41. The molecule has 2 unspecified atom stereocenters. The lowest BCUT2D eigenvalue weighted by Crippen LogP contribution is -2.22. The lowest BCUT2D eigenvalue weighted by molar-refractivity contribution is 0.478. The van der Waals surface area contributed by atoms with Crippen molar-refractivity contribution in [3.8, 4) is 0 Å². The van der Waals surface area contributed by atoms with Gasteiger partial charge in [-0.05, 0) is 54.3 Å². The van der Waals surface area contributed by atoms with Gasteiger partial charge in [0.2, 0.25) is 0 Å². The molecule has 0 saturated carbocycles. The Morgan fingerprint density at radius 1 is 1.44 bits per heavy atom. The number of fused-ring (bicyclic) bond motifs is 1. The van der Waals surface area contributed by atoms with Crippen LogP contribution >= 0.6 is 11.3 Å². The second kappa shape index (κ2) is 4.82. The third kappa shape index (κ3) is 2.08. The standard InChI is InChI=1S/C15H18N2S/c1-10-7-11(9-17-8-10)15(16)13-3-2-4-14-12(13)5-6-18-14/h5-9,13,15H,2-4,16H2,1H3. The predicted octanol–water partition coefficient (Wildman–Crippen LogP) is 3.57. The average molecular weight is 258 g/mol. The van der Waals surface area contributed by atoms with Crippen LogP contribution in [0.25, 0.3) is 0 Å². The number of pyridine rings is 1. The van der Waals surface area contributed by atoms with Crippen LogP contribution in [0.5, 0.6) is 0 Å². The number of rotatable bonds is 2. The maximum absolute atomic E-state index is 6.48. The number of aryl methyl sites for hydroxylation is 2. The van der Waals surface area contributed by atoms with Gasteiger partial charge >= 0.3 is 0 Å². The maximum atomic E-state index is 6.48. The summed E-state index contributed by atoms with van der Waals surface area (Å²) in [5.41, 5.74) is 10.3. The minimum absolute atomic E-state index is 0.0750. The molecule has 18 heavy (non-hydrogen) atoms. The van der Waals surface area contributed by atoms with Crippen LogP contribution in [0, 0.1) is 6.92 Å². The molecule has 0 aliphatic heterocycles. The van der Waals surface area contributed by atoms with E-state index in [9.17, 15) is 0 Å². The Bertz CT molecular complexity index is 547. The quantitative estimate of drug-likeness (QED) is 0.894. The van der Waals surface area contributed by atoms with Gasteiger partial charge in [0.1, 0.15) is 0 Å². The Balaban J connectivity index is 1.93. The minimum atomic E-state index is 0.0750. The van der Waals surface area contributed by atoms with Crippen molar-refractivity contribution >= 4 is 11.3 Å². The van der Waals surface area contributed by atoms with Crippen LogP contribution in [0.15, 0.2) is 29.9 Å². The van der Waals surface area contributed by atoms with Gasteiger partial charge in [-0.25, -0.2) is 0 Å². The fourth-order valence-corrected chi connectivity index (χ4v) is 3.88. The predicted molar refractivity (Wildman–Crippen MR) is 75.9 cm³/mol. The molecule has 0 amide bonds. The van der Waals surface area contributed by atoms with Crippen LogP contribution in [-0.2, 0) is 6.42 Å². The molecule has 2 aromatic heterocycles. The van der Waals surface area contributed by atoms with Gasteiger partial charge in [-0.2, -0.15) is 0 Å². The van der Waals surface area contributed by atoms with E-state index in [-0.39, 0.29) is 6.04 Å². The molecule has 94 valence electrons. The molecule has 1 aliphatic rings. The van der Waals surface area contributed by atoms with Gasteiger partial charge < -0.3 is 5.73 Å². The molecular formula is C15H18N2S. The molecule has 2 heterocycles. The van der Waals surface area contributed by atoms with Gasteiger partial charge in [0.25, 0.3) is 0 Å². The minimum Gasteiger partial charge on any atom is -0.323 e. The van der Waals surface area contributed by atoms with E-state index in [0.717, 1.165) is 0 Å². The van der Waals surface area contributed by atoms with Crippen molar-refractivity contribution in [1.82, 2.24) is 4.98 Å². The summed E-state index contributed by atoms with van der Waals surface area (Å²) < 4.78 is 0. The molecule has 0 aromatic carbocycles. The Labute approximate surface area is 112 Å². The van der Waals surface area contributed by atoms with Gasteiger partial charge in [0.15, 0.2) is 0 Å². The van der Waals surface area contributed by atoms with E-state index < -0.39 is 0 Å². The molecule has 0 radical (unpaired) electrons. The summed E-state index contributed by atoms with van der Waals surface area (Å²) in [5, 5.41) is 2.20. The van der Waals surface area contributed by atoms with Crippen LogP contribution in [-0.4, -0.2) is 4.98 Å². The summed E-state index contributed by atoms with van der Waals surface area (Å²) in [6.07, 6.45) is 7.47. The van der Waals surface area contributed by atoms with Crippen LogP contribution in [0.1, 0.15) is 46.4 Å². The van der Waals surface area contributed by atoms with Crippen LogP contribution < -0.4 is 5.73 Å². The Morgan fingerprint density at radius 3 is 3.17 bits per heavy atom. The fourth-order valence-electron chi connectivity index (χ4n) is 2.89. The van der Waals surface area contributed by atoms with E-state index in [2.05, 4.69) is 29.4 Å². The molecule has 0 fully saturated rings. The molecule has 1 aliphatic carbocycles. The first-order chi connectivity index (χ1) is 8.75. The first-order valence-corrected chi connectivity index (χ1v) is 7.37. The molecule has 2 nitrogen and oxygen atoms in total. The second-order valence-corrected chi connectivity index (χ2v) is 6.12. The zero-order valence-corrected chi connectivity index (χ0v) is 11.4. The molecule has 2 N–H and O–H groups in total. The van der Waals surface area contributed by atoms with Crippen LogP contribution in [0.4, 0.5) is 0 Å². The molecule has 0 saturated heterocycles. The zero-order chi connectivity index (χ0) is 12.5. The highest BCUT2D eigenvalue weighted by atomic mass is 32.1. The van der Waals surface area contributed by atoms with Crippen molar-refractivity contribution in [3.05, 3.63) is 51.5 Å². The SMILES string of the molecule is Cc1cncc(C(N)C2CCCc3sccc32)c1. The summed E-state index contributed by atoms with van der Waals surface area (Å²) >= 11 is 1.87. The first kappa shape index (κ1) is 11.9. The van der Waals surface area contributed by atoms with E-state index >= 15 is 0 Å². The molecule has 0 bridgehead atoms. The topological polar surface area (TPSA) is 38.9 Å². The summed E-state index contributed by atoms with van der Waals surface area (Å²) in [4.78, 5) is 5.80. The Morgan fingerprint density at radius 2 is 2.33 bits per heavy atom. The average Bonchev–Trinajstić information content (AvgIpc) is 2.86. The van der Waals surface area contributed by atoms with Gasteiger partial charge in [-0.15, -0.1) is 11.3 Å². The molecule has 3 heteroatoms. The highest BCUT2D eigenvalue weighted by molar-refractivity contribution is 7.10. The summed E-state index contributed by atoms with van der Waals surface area (Å²) in [5.74, 6) is 0.462. The molecule has 2 aromatic rings. The third-order valence-electron chi connectivity index (χ3n) is 3.81. The van der Waals surface area contributed by atoms with Crippen molar-refractivity contribution in [3.63, 3.8) is 0 Å². The fraction of sp³-hybridized carbons (Fsp3) is 0.400. The lowest BCUT2D eigenvalue weighted by Gasteiger charge is -2.28. The van der Waals surface area contributed by atoms with E-state index in [0.29, 0.717) is 5.92 Å². The number of nitrogens with two attached hydrogens (primary N) is 1. The number of nitrogens with zero attached hydrogens (tertiary/aromatic N) is 1. The number of hydrogen-bond donors (Lipinski definition) is 1. The molecule has 2 atom stereocenters. The maximum Gasteiger partial charge on any atom is 0.0380 e. The van der Waals surface area contributed by atoms with Crippen molar-refractivity contribution in [2.24, 2.45) is 5.73 Å². The van der Waals surface area contributed by atoms with E-state index in [4.69, 9.17) is 5.73 Å². The normalized spacial score (nSPS) is 20.4. The van der Waals surface area contributed by atoms with Crippen molar-refractivity contribution in [1.29, 1.82) is 0 Å². The lowest BCUT2D eigenvalue weighted by atomic mass is 9.80. The monoisotopic (exact) mass is 258 g/mol. The molecular weight excluding hydrogens is 240 g/mol. The summed E-state index contributed by atoms with van der Waals surface area (Å²) in [6.45, 7) is 2.07. The van der Waals surface area contributed by atoms with E-state index in [1.54, 1.807) is 0 Å². The zero-order valence-electron chi connectivity index (χ0n) is 10.6. The summed E-state index contributed by atoms with van der Waals surface area (Å²) in [6, 6.07) is 4.50. The van der Waals surface area contributed by atoms with E-state index in [1.807, 2.05) is 23.7 Å². The highest BCUT2D eigenvalue weighted by Gasteiger charge is 2.27. The number of aromatic nitrogens is 1. The van der Waals surface area contributed by atoms with Crippen molar-refractivity contribution < 1.29 is 0 Å². The Kier molecular flexibility index (Phi) is 3.18. The van der Waals surface area contributed by atoms with E-state index in [1.165, 1.54) is 40.8 Å². The second-order valence-electron chi connectivity index (χ2n) is 5.12. The number of thiophene rings is 1. The van der Waals surface area contributed by atoms with Gasteiger partial charge in [-0.3, -0.25) is 4.98 Å². The summed E-state index contributed by atoms with van der Waals surface area (Å²) in [7, 11) is 0. The van der Waals surface area contributed by atoms with Crippen LogP contribution in [0.2, 0.25) is 0 Å².